The maximum Gasteiger partial charge on any atom is 0.160 e. The van der Waals surface area contributed by atoms with Gasteiger partial charge in [0.15, 0.2) is 11.5 Å². The molecular formula is C22H30O4. The van der Waals surface area contributed by atoms with Crippen LogP contribution < -0.4 is 14.2 Å². The van der Waals surface area contributed by atoms with E-state index in [0.29, 0.717) is 0 Å². The van der Waals surface area contributed by atoms with Crippen molar-refractivity contribution < 1.29 is 41.2 Å². The smallest absolute Gasteiger partial charge is 0.160 e. The summed E-state index contributed by atoms with van der Waals surface area (Å²) in [6.07, 6.45) is -12.0. The summed E-state index contributed by atoms with van der Waals surface area (Å²) in [7, 11) is -2.17. The van der Waals surface area contributed by atoms with E-state index in [0.717, 1.165) is 7.11 Å². The molecule has 142 valence electrons. The van der Waals surface area contributed by atoms with E-state index in [9.17, 15) is 5.11 Å². The van der Waals surface area contributed by atoms with Crippen molar-refractivity contribution in [1.29, 1.82) is 0 Å². The van der Waals surface area contributed by atoms with Crippen molar-refractivity contribution in [2.45, 2.75) is 45.5 Å². The number of ether oxygens (including phenoxy) is 3. The van der Waals surface area contributed by atoms with E-state index in [1.807, 2.05) is 0 Å². The summed E-state index contributed by atoms with van der Waals surface area (Å²) < 4.78 is 143. The molecule has 0 amide bonds. The van der Waals surface area contributed by atoms with Gasteiger partial charge in [0.05, 0.1) is 36.7 Å². The van der Waals surface area contributed by atoms with Crippen molar-refractivity contribution in [2.24, 2.45) is 0 Å². The molecule has 4 heteroatoms. The second kappa shape index (κ2) is 10.1. The van der Waals surface area contributed by atoms with Crippen LogP contribution in [-0.4, -0.2) is 31.9 Å². The summed E-state index contributed by atoms with van der Waals surface area (Å²) in [5.41, 5.74) is -0.560. The Morgan fingerprint density at radius 2 is 2.00 bits per heavy atom. The molecule has 0 fully saturated rings. The number of methoxy groups -OCH3 is 2. The topological polar surface area (TPSA) is 47.9 Å². The minimum atomic E-state index is -3.40. The summed E-state index contributed by atoms with van der Waals surface area (Å²) in [4.78, 5) is 0. The van der Waals surface area contributed by atoms with Crippen molar-refractivity contribution in [2.75, 3.05) is 20.7 Å². The molecule has 0 saturated carbocycles. The monoisotopic (exact) mass is 374 g/mol. The number of benzene rings is 2. The molecule has 0 heterocycles. The van der Waals surface area contributed by atoms with Crippen LogP contribution in [0.1, 0.15) is 57.8 Å². The largest absolute Gasteiger partial charge is 0.493 e. The summed E-state index contributed by atoms with van der Waals surface area (Å²) in [5.74, 6) is -2.34. The van der Waals surface area contributed by atoms with Crippen molar-refractivity contribution in [1.82, 2.24) is 0 Å². The fraction of sp³-hybridized carbons (Fsp3) is 0.455. The second-order valence-electron chi connectivity index (χ2n) is 5.12. The molecule has 0 aliphatic rings. The van der Waals surface area contributed by atoms with Crippen LogP contribution in [0.2, 0.25) is 0 Å². The first-order valence-corrected chi connectivity index (χ1v) is 7.61. The third kappa shape index (κ3) is 5.95. The van der Waals surface area contributed by atoms with Crippen molar-refractivity contribution in [3.05, 3.63) is 52.9 Å². The quantitative estimate of drug-likeness (QED) is 0.666. The van der Waals surface area contributed by atoms with Gasteiger partial charge >= 0.3 is 0 Å². The zero-order valence-corrected chi connectivity index (χ0v) is 14.6. The van der Waals surface area contributed by atoms with E-state index >= 15 is 0 Å². The molecular weight excluding hydrogens is 328 g/mol. The first-order chi connectivity index (χ1) is 18.8. The minimum Gasteiger partial charge on any atom is -0.493 e. The van der Waals surface area contributed by atoms with Gasteiger partial charge in [0.25, 0.3) is 0 Å². The Labute approximate surface area is 179 Å². The van der Waals surface area contributed by atoms with Crippen LogP contribution in [0.15, 0.2) is 36.3 Å². The fourth-order valence-electron chi connectivity index (χ4n) is 1.74. The van der Waals surface area contributed by atoms with E-state index in [1.165, 1.54) is 13.8 Å². The Hall–Kier alpha value is -2.20. The third-order valence-electron chi connectivity index (χ3n) is 3.25. The van der Waals surface area contributed by atoms with Crippen LogP contribution >= 0.6 is 0 Å². The lowest BCUT2D eigenvalue weighted by Crippen LogP contribution is -2.17. The molecule has 0 radical (unpaired) electrons. The molecule has 26 heavy (non-hydrogen) atoms. The van der Waals surface area contributed by atoms with Gasteiger partial charge in [0, 0.05) is 5.48 Å². The molecule has 1 atom stereocenters. The van der Waals surface area contributed by atoms with Crippen molar-refractivity contribution in [3.63, 3.8) is 0 Å². The molecule has 2 rings (SSSR count). The number of rotatable bonds is 10. The number of aliphatic hydroxyl groups is 1. The molecule has 0 saturated heterocycles. The van der Waals surface area contributed by atoms with Gasteiger partial charge < -0.3 is 19.3 Å². The van der Waals surface area contributed by atoms with Gasteiger partial charge in [-0.2, -0.15) is 0 Å². The highest BCUT2D eigenvalue weighted by Gasteiger charge is 2.07. The van der Waals surface area contributed by atoms with Crippen LogP contribution in [0.4, 0.5) is 0 Å². The maximum atomic E-state index is 10.7. The summed E-state index contributed by atoms with van der Waals surface area (Å²) in [5, 5.41) is 10.7. The molecule has 1 N–H and O–H groups in total. The lowest BCUT2D eigenvalue weighted by atomic mass is 10.0. The zero-order valence-electron chi connectivity index (χ0n) is 30.6. The van der Waals surface area contributed by atoms with Gasteiger partial charge in [0.2, 0.25) is 0 Å². The highest BCUT2D eigenvalue weighted by Crippen LogP contribution is 2.28. The Bertz CT molecular complexity index is 1320. The Morgan fingerprint density at radius 3 is 2.77 bits per heavy atom. The van der Waals surface area contributed by atoms with Crippen molar-refractivity contribution >= 4 is 0 Å². The standard InChI is InChI=1S/C22H30O4/c1-16-9-11-20(13-17(16)2)26-15-19(23)8-6-5-7-18-10-12-21(24-3)22(14-18)25-4/h9-14,19,23H,5-8,15H2,1-4H3/i3D3,5D2,7D2,9D,10D,11D,12D,13D,14D,15D2,19D. The van der Waals surface area contributed by atoms with Crippen molar-refractivity contribution in [3.8, 4) is 17.2 Å². The van der Waals surface area contributed by atoms with Crippen LogP contribution in [-0.2, 0) is 6.37 Å². The van der Waals surface area contributed by atoms with E-state index in [-0.39, 0.29) is 17.2 Å². The Kier molecular flexibility index (Phi) is 2.88. The van der Waals surface area contributed by atoms with Gasteiger partial charge in [-0.3, -0.25) is 0 Å². The van der Waals surface area contributed by atoms with Crippen LogP contribution in [0.5, 0.6) is 17.2 Å². The average molecular weight is 375 g/mol. The summed E-state index contributed by atoms with van der Waals surface area (Å²) in [6, 6.07) is -4.58. The molecule has 4 nitrogen and oxygen atoms in total. The first-order valence-electron chi connectivity index (χ1n) is 15.6. The molecule has 0 aromatic heterocycles. The second-order valence-corrected chi connectivity index (χ2v) is 5.12. The molecule has 2 aromatic carbocycles. The van der Waals surface area contributed by atoms with Gasteiger partial charge in [-0.15, -0.1) is 0 Å². The maximum absolute atomic E-state index is 10.7. The van der Waals surface area contributed by atoms with Crippen LogP contribution in [0, 0.1) is 13.8 Å². The highest BCUT2D eigenvalue weighted by molar-refractivity contribution is 5.42. The first kappa shape index (κ1) is 7.43. The summed E-state index contributed by atoms with van der Waals surface area (Å²) >= 11 is 0. The van der Waals surface area contributed by atoms with E-state index < -0.39 is 98.3 Å². The summed E-state index contributed by atoms with van der Waals surface area (Å²) in [6.45, 7) is -0.495. The molecule has 2 aromatic rings. The predicted octanol–water partition coefficient (Wildman–Crippen LogP) is 4.47. The predicted molar refractivity (Wildman–Crippen MR) is 105 cm³/mol. The van der Waals surface area contributed by atoms with Gasteiger partial charge in [-0.05, 0) is 73.9 Å². The third-order valence-corrected chi connectivity index (χ3v) is 3.25. The Balaban J connectivity index is 2.48. The van der Waals surface area contributed by atoms with E-state index in [2.05, 4.69) is 4.74 Å². The molecule has 0 spiro atoms. The molecule has 0 aliphatic carbocycles. The molecule has 0 aliphatic heterocycles. The van der Waals surface area contributed by atoms with Crippen LogP contribution in [0.25, 0.3) is 0 Å². The minimum absolute atomic E-state index is 0.191. The van der Waals surface area contributed by atoms with Gasteiger partial charge in [-0.25, -0.2) is 0 Å². The van der Waals surface area contributed by atoms with Gasteiger partial charge in [0.1, 0.15) is 12.3 Å². The molecule has 1 unspecified atom stereocenters. The lowest BCUT2D eigenvalue weighted by molar-refractivity contribution is 0.0976. The lowest BCUT2D eigenvalue weighted by Gasteiger charge is -2.13. The van der Waals surface area contributed by atoms with Gasteiger partial charge in [-0.1, -0.05) is 18.5 Å². The van der Waals surface area contributed by atoms with Crippen LogP contribution in [0.3, 0.4) is 0 Å². The Morgan fingerprint density at radius 1 is 1.15 bits per heavy atom. The fourth-order valence-corrected chi connectivity index (χ4v) is 1.74. The average Bonchev–Trinajstić information content (AvgIpc) is 2.85. The molecule has 0 bridgehead atoms. The number of hydrogen-bond acceptors (Lipinski definition) is 4. The number of hydrogen-bond donors (Lipinski definition) is 1. The van der Waals surface area contributed by atoms with E-state index in [1.54, 1.807) is 0 Å². The SMILES string of the molecule is [2H]c1c([2H])c(OC([2H])([2H])C([2H])(O)CCC([2H])([2H])C([2H])([2H])c2c([2H])c([2H])c(OC([2H])([2H])[2H])c(OC)c2[2H])c([2H])c(C)c1C. The van der Waals surface area contributed by atoms with E-state index in [4.69, 9.17) is 31.4 Å². The highest BCUT2D eigenvalue weighted by atomic mass is 16.5. The normalized spacial score (nSPS) is 24.2. The zero-order chi connectivity index (χ0) is 33.0.